The van der Waals surface area contributed by atoms with Crippen molar-refractivity contribution in [2.24, 2.45) is 4.99 Å². The first-order valence-electron chi connectivity index (χ1n) is 9.76. The summed E-state index contributed by atoms with van der Waals surface area (Å²) in [4.78, 5) is 8.68. The van der Waals surface area contributed by atoms with Crippen LogP contribution in [0.2, 0.25) is 0 Å². The van der Waals surface area contributed by atoms with Crippen molar-refractivity contribution >= 4 is 17.7 Å². The maximum absolute atomic E-state index is 4.76. The molecule has 4 nitrogen and oxygen atoms in total. The fourth-order valence-corrected chi connectivity index (χ4v) is 3.95. The van der Waals surface area contributed by atoms with Crippen molar-refractivity contribution in [3.05, 3.63) is 30.3 Å². The van der Waals surface area contributed by atoms with E-state index >= 15 is 0 Å². The van der Waals surface area contributed by atoms with Gasteiger partial charge in [-0.25, -0.2) is 0 Å². The lowest BCUT2D eigenvalue weighted by molar-refractivity contribution is 0.206. The van der Waals surface area contributed by atoms with Crippen LogP contribution in [0.3, 0.4) is 0 Å². The van der Waals surface area contributed by atoms with Crippen LogP contribution in [0.4, 0.5) is 0 Å². The molecule has 0 aromatic heterocycles. The van der Waals surface area contributed by atoms with Crippen LogP contribution in [0.15, 0.2) is 40.2 Å². The Bertz CT molecular complexity index is 484. The largest absolute Gasteiger partial charge is 0.357 e. The number of nitrogens with one attached hydrogen (secondary N) is 2. The first-order valence-corrected chi connectivity index (χ1v) is 10.8. The lowest BCUT2D eigenvalue weighted by Crippen LogP contribution is -2.48. The summed E-state index contributed by atoms with van der Waals surface area (Å²) >= 11 is 1.91. The Balaban J connectivity index is 1.67. The topological polar surface area (TPSA) is 39.7 Å². The number of likely N-dealkylation sites (tertiary alicyclic amines) is 1. The van der Waals surface area contributed by atoms with Gasteiger partial charge in [-0.3, -0.25) is 4.99 Å². The molecule has 0 aliphatic carbocycles. The van der Waals surface area contributed by atoms with Gasteiger partial charge in [-0.1, -0.05) is 25.1 Å². The van der Waals surface area contributed by atoms with Crippen LogP contribution in [0, 0.1) is 0 Å². The molecule has 0 radical (unpaired) electrons. The first-order chi connectivity index (χ1) is 12.3. The van der Waals surface area contributed by atoms with Crippen molar-refractivity contribution in [2.75, 3.05) is 38.5 Å². The predicted octanol–water partition coefficient (Wildman–Crippen LogP) is 3.60. The molecule has 25 heavy (non-hydrogen) atoms. The molecule has 1 fully saturated rings. The van der Waals surface area contributed by atoms with Gasteiger partial charge < -0.3 is 15.5 Å². The van der Waals surface area contributed by atoms with E-state index in [-0.39, 0.29) is 0 Å². The molecule has 140 valence electrons. The smallest absolute Gasteiger partial charge is 0.191 e. The third-order valence-electron chi connectivity index (χ3n) is 4.40. The fraction of sp³-hybridized carbons (Fsp3) is 0.650. The number of nitrogens with zero attached hydrogens (tertiary/aromatic N) is 2. The summed E-state index contributed by atoms with van der Waals surface area (Å²) in [5.41, 5.74) is 0. The van der Waals surface area contributed by atoms with Crippen LogP contribution < -0.4 is 10.6 Å². The van der Waals surface area contributed by atoms with Gasteiger partial charge in [0.05, 0.1) is 0 Å². The Morgan fingerprint density at radius 3 is 2.64 bits per heavy atom. The molecule has 2 N–H and O–H groups in total. The second-order valence-corrected chi connectivity index (χ2v) is 7.70. The van der Waals surface area contributed by atoms with Gasteiger partial charge in [-0.05, 0) is 57.0 Å². The van der Waals surface area contributed by atoms with Crippen LogP contribution in [0.5, 0.6) is 0 Å². The van der Waals surface area contributed by atoms with Crippen LogP contribution in [-0.2, 0) is 0 Å². The van der Waals surface area contributed by atoms with Gasteiger partial charge in [0.1, 0.15) is 0 Å². The summed E-state index contributed by atoms with van der Waals surface area (Å²) in [5.74, 6) is 2.10. The predicted molar refractivity (Wildman–Crippen MR) is 111 cm³/mol. The standard InChI is InChI=1S/C20H34N4S/c1-3-14-24-15-11-18(12-16-24)23-20(21-4-2)22-13-8-17-25-19-9-6-5-7-10-19/h5-7,9-10,18H,3-4,8,11-17H2,1-2H3,(H2,21,22,23). The molecule has 1 aliphatic rings. The lowest BCUT2D eigenvalue weighted by atomic mass is 10.1. The first kappa shape index (κ1) is 20.1. The third-order valence-corrected chi connectivity index (χ3v) is 5.50. The number of thioether (sulfide) groups is 1. The highest BCUT2D eigenvalue weighted by Crippen LogP contribution is 2.17. The van der Waals surface area contributed by atoms with Crippen LogP contribution >= 0.6 is 11.8 Å². The molecule has 1 aromatic rings. The van der Waals surface area contributed by atoms with Gasteiger partial charge in [0.15, 0.2) is 5.96 Å². The fourth-order valence-electron chi connectivity index (χ4n) is 3.09. The average Bonchev–Trinajstić information content (AvgIpc) is 2.64. The second-order valence-electron chi connectivity index (χ2n) is 6.54. The summed E-state index contributed by atoms with van der Waals surface area (Å²) in [6, 6.07) is 11.2. The molecule has 0 spiro atoms. The number of guanidine groups is 1. The van der Waals surface area contributed by atoms with E-state index in [2.05, 4.69) is 59.7 Å². The lowest BCUT2D eigenvalue weighted by Gasteiger charge is -2.32. The molecule has 0 amide bonds. The van der Waals surface area contributed by atoms with Crippen molar-refractivity contribution in [1.82, 2.24) is 15.5 Å². The zero-order valence-corrected chi connectivity index (χ0v) is 16.7. The molecule has 5 heteroatoms. The van der Waals surface area contributed by atoms with E-state index < -0.39 is 0 Å². The highest BCUT2D eigenvalue weighted by Gasteiger charge is 2.19. The van der Waals surface area contributed by atoms with Crippen molar-refractivity contribution in [1.29, 1.82) is 0 Å². The third kappa shape index (κ3) is 8.15. The Labute approximate surface area is 157 Å². The maximum atomic E-state index is 4.76. The van der Waals surface area contributed by atoms with E-state index in [0.717, 1.165) is 31.2 Å². The van der Waals surface area contributed by atoms with Crippen molar-refractivity contribution in [3.63, 3.8) is 0 Å². The molecular weight excluding hydrogens is 328 g/mol. The summed E-state index contributed by atoms with van der Waals surface area (Å²) in [7, 11) is 0. The number of rotatable bonds is 9. The number of benzene rings is 1. The van der Waals surface area contributed by atoms with E-state index in [1.54, 1.807) is 0 Å². The molecule has 1 aliphatic heterocycles. The molecule has 1 heterocycles. The van der Waals surface area contributed by atoms with Gasteiger partial charge in [0, 0.05) is 37.1 Å². The van der Waals surface area contributed by atoms with Gasteiger partial charge >= 0.3 is 0 Å². The Kier molecular flexibility index (Phi) is 9.82. The minimum atomic E-state index is 0.560. The van der Waals surface area contributed by atoms with E-state index in [9.17, 15) is 0 Å². The number of aliphatic imine (C=N–C) groups is 1. The minimum Gasteiger partial charge on any atom is -0.357 e. The minimum absolute atomic E-state index is 0.560. The van der Waals surface area contributed by atoms with E-state index in [4.69, 9.17) is 4.99 Å². The zero-order valence-electron chi connectivity index (χ0n) is 15.8. The quantitative estimate of drug-likeness (QED) is 0.305. The Morgan fingerprint density at radius 1 is 1.20 bits per heavy atom. The number of hydrogen-bond donors (Lipinski definition) is 2. The molecule has 0 saturated carbocycles. The van der Waals surface area contributed by atoms with Crippen molar-refractivity contribution < 1.29 is 0 Å². The molecule has 0 bridgehead atoms. The van der Waals surface area contributed by atoms with Crippen LogP contribution in [0.1, 0.15) is 39.5 Å². The average molecular weight is 363 g/mol. The highest BCUT2D eigenvalue weighted by molar-refractivity contribution is 7.99. The summed E-state index contributed by atoms with van der Waals surface area (Å²) < 4.78 is 0. The maximum Gasteiger partial charge on any atom is 0.191 e. The monoisotopic (exact) mass is 362 g/mol. The van der Waals surface area contributed by atoms with E-state index in [1.807, 2.05) is 11.8 Å². The van der Waals surface area contributed by atoms with Gasteiger partial charge in [0.25, 0.3) is 0 Å². The van der Waals surface area contributed by atoms with Gasteiger partial charge in [-0.2, -0.15) is 0 Å². The molecular formula is C20H34N4S. The van der Waals surface area contributed by atoms with E-state index in [1.165, 1.54) is 43.8 Å². The van der Waals surface area contributed by atoms with Crippen molar-refractivity contribution in [3.8, 4) is 0 Å². The van der Waals surface area contributed by atoms with Crippen LogP contribution in [0.25, 0.3) is 0 Å². The normalized spacial score (nSPS) is 16.8. The number of hydrogen-bond acceptors (Lipinski definition) is 3. The molecule has 0 atom stereocenters. The molecule has 1 saturated heterocycles. The molecule has 1 aromatic carbocycles. The summed E-state index contributed by atoms with van der Waals surface area (Å²) in [5, 5.41) is 7.03. The Hall–Kier alpha value is -1.20. The summed E-state index contributed by atoms with van der Waals surface area (Å²) in [6.45, 7) is 9.84. The highest BCUT2D eigenvalue weighted by atomic mass is 32.2. The van der Waals surface area contributed by atoms with Crippen molar-refractivity contribution in [2.45, 2.75) is 50.5 Å². The van der Waals surface area contributed by atoms with E-state index in [0.29, 0.717) is 6.04 Å². The zero-order chi connectivity index (χ0) is 17.7. The Morgan fingerprint density at radius 2 is 1.96 bits per heavy atom. The SMILES string of the molecule is CCCN1CCC(NC(=NCCCSc2ccccc2)NCC)CC1. The number of piperidine rings is 1. The molecule has 2 rings (SSSR count). The molecule has 0 unspecified atom stereocenters. The second kappa shape index (κ2) is 12.2. The van der Waals surface area contributed by atoms with Crippen LogP contribution in [-0.4, -0.2) is 55.4 Å². The van der Waals surface area contributed by atoms with Gasteiger partial charge in [0.2, 0.25) is 0 Å². The summed E-state index contributed by atoms with van der Waals surface area (Å²) in [6.07, 6.45) is 4.79. The van der Waals surface area contributed by atoms with Gasteiger partial charge in [-0.15, -0.1) is 11.8 Å².